The van der Waals surface area contributed by atoms with E-state index in [2.05, 4.69) is 15.4 Å². The number of imidazole rings is 1. The summed E-state index contributed by atoms with van der Waals surface area (Å²) < 4.78 is 44.0. The number of nitrogens with zero attached hydrogens (tertiary/aromatic N) is 4. The van der Waals surface area contributed by atoms with Gasteiger partial charge in [0.05, 0.1) is 17.6 Å². The maximum atomic E-state index is 14.5. The average molecular weight is 446 g/mol. The van der Waals surface area contributed by atoms with E-state index in [9.17, 15) is 18.0 Å². The zero-order chi connectivity index (χ0) is 22.1. The molecule has 0 radical (unpaired) electrons. The number of nitrogens with one attached hydrogen (secondary N) is 1. The van der Waals surface area contributed by atoms with Gasteiger partial charge in [-0.25, -0.2) is 18.2 Å². The van der Waals surface area contributed by atoms with E-state index in [0.717, 1.165) is 16.8 Å². The van der Waals surface area contributed by atoms with Crippen molar-refractivity contribution in [1.29, 1.82) is 0 Å². The second kappa shape index (κ2) is 8.27. The van der Waals surface area contributed by atoms with Crippen LogP contribution in [0.15, 0.2) is 59.8 Å². The van der Waals surface area contributed by atoms with Gasteiger partial charge in [0.2, 0.25) is 0 Å². The first-order chi connectivity index (χ1) is 14.8. The smallest absolute Gasteiger partial charge is 0.292 e. The molecule has 158 valence electrons. The Morgan fingerprint density at radius 1 is 1.06 bits per heavy atom. The molecule has 0 saturated carbocycles. The SMILES string of the molecule is Cc1nccn1-c1ccc(CNc2cnn(-c3ccc(F)cc3F)c(=O)c2Cl)cc1F. The fourth-order valence-electron chi connectivity index (χ4n) is 3.07. The van der Waals surface area contributed by atoms with Crippen molar-refractivity contribution in [2.45, 2.75) is 13.5 Å². The van der Waals surface area contributed by atoms with Crippen LogP contribution in [0.25, 0.3) is 11.4 Å². The highest BCUT2D eigenvalue weighted by Gasteiger charge is 2.14. The highest BCUT2D eigenvalue weighted by Crippen LogP contribution is 2.21. The van der Waals surface area contributed by atoms with Crippen LogP contribution in [0.1, 0.15) is 11.4 Å². The van der Waals surface area contributed by atoms with E-state index >= 15 is 0 Å². The molecule has 4 aromatic rings. The summed E-state index contributed by atoms with van der Waals surface area (Å²) in [4.78, 5) is 16.6. The lowest BCUT2D eigenvalue weighted by atomic mass is 10.2. The molecule has 2 heterocycles. The predicted molar refractivity (Wildman–Crippen MR) is 110 cm³/mol. The first kappa shape index (κ1) is 20.7. The zero-order valence-electron chi connectivity index (χ0n) is 16.1. The summed E-state index contributed by atoms with van der Waals surface area (Å²) in [6, 6.07) is 7.45. The lowest BCUT2D eigenvalue weighted by Crippen LogP contribution is -2.23. The summed E-state index contributed by atoms with van der Waals surface area (Å²) in [6.07, 6.45) is 4.49. The Labute approximate surface area is 179 Å². The van der Waals surface area contributed by atoms with Crippen LogP contribution < -0.4 is 10.9 Å². The predicted octanol–water partition coefficient (Wildman–Crippen LogP) is 4.41. The fourth-order valence-corrected chi connectivity index (χ4v) is 3.26. The van der Waals surface area contributed by atoms with Gasteiger partial charge in [-0.05, 0) is 36.8 Å². The van der Waals surface area contributed by atoms with Crippen molar-refractivity contribution >= 4 is 17.3 Å². The normalized spacial score (nSPS) is 11.0. The van der Waals surface area contributed by atoms with E-state index in [1.165, 1.54) is 12.3 Å². The van der Waals surface area contributed by atoms with Crippen LogP contribution in [0, 0.1) is 24.4 Å². The number of hydrogen-bond acceptors (Lipinski definition) is 4. The molecule has 0 saturated heterocycles. The summed E-state index contributed by atoms with van der Waals surface area (Å²) in [5.41, 5.74) is 0.146. The van der Waals surface area contributed by atoms with Gasteiger partial charge in [-0.1, -0.05) is 17.7 Å². The van der Waals surface area contributed by atoms with Gasteiger partial charge in [0.1, 0.15) is 28.2 Å². The van der Waals surface area contributed by atoms with Crippen LogP contribution in [0.5, 0.6) is 0 Å². The fraction of sp³-hybridized carbons (Fsp3) is 0.0952. The molecule has 4 rings (SSSR count). The lowest BCUT2D eigenvalue weighted by Gasteiger charge is -2.12. The molecule has 0 spiro atoms. The van der Waals surface area contributed by atoms with Crippen LogP contribution in [-0.2, 0) is 6.54 Å². The van der Waals surface area contributed by atoms with Gasteiger partial charge in [-0.3, -0.25) is 4.79 Å². The van der Waals surface area contributed by atoms with Gasteiger partial charge in [0, 0.05) is 25.0 Å². The van der Waals surface area contributed by atoms with E-state index in [1.807, 2.05) is 0 Å². The van der Waals surface area contributed by atoms with Crippen molar-refractivity contribution in [1.82, 2.24) is 19.3 Å². The van der Waals surface area contributed by atoms with Crippen molar-refractivity contribution in [3.05, 3.63) is 99.2 Å². The van der Waals surface area contributed by atoms with E-state index in [1.54, 1.807) is 36.0 Å². The largest absolute Gasteiger partial charge is 0.378 e. The highest BCUT2D eigenvalue weighted by atomic mass is 35.5. The Balaban J connectivity index is 1.55. The number of halogens is 4. The van der Waals surface area contributed by atoms with Gasteiger partial charge in [-0.15, -0.1) is 0 Å². The Bertz CT molecular complexity index is 1340. The quantitative estimate of drug-likeness (QED) is 0.494. The van der Waals surface area contributed by atoms with Crippen molar-refractivity contribution in [2.24, 2.45) is 0 Å². The molecule has 2 aromatic carbocycles. The molecule has 31 heavy (non-hydrogen) atoms. The second-order valence-electron chi connectivity index (χ2n) is 6.67. The molecule has 0 bridgehead atoms. The highest BCUT2D eigenvalue weighted by molar-refractivity contribution is 6.32. The maximum absolute atomic E-state index is 14.5. The Kier molecular flexibility index (Phi) is 5.51. The van der Waals surface area contributed by atoms with Gasteiger partial charge in [-0.2, -0.15) is 9.78 Å². The number of rotatable bonds is 5. The molecule has 0 aliphatic rings. The number of benzene rings is 2. The molecule has 6 nitrogen and oxygen atoms in total. The third kappa shape index (κ3) is 4.04. The van der Waals surface area contributed by atoms with Gasteiger partial charge < -0.3 is 9.88 Å². The summed E-state index contributed by atoms with van der Waals surface area (Å²) in [7, 11) is 0. The molecule has 2 aromatic heterocycles. The Hall–Kier alpha value is -3.59. The van der Waals surface area contributed by atoms with E-state index < -0.39 is 23.0 Å². The van der Waals surface area contributed by atoms with Crippen molar-refractivity contribution in [3.63, 3.8) is 0 Å². The van der Waals surface area contributed by atoms with Crippen LogP contribution in [0.2, 0.25) is 5.02 Å². The summed E-state index contributed by atoms with van der Waals surface area (Å²) in [6.45, 7) is 1.93. The minimum atomic E-state index is -0.949. The molecule has 10 heteroatoms. The van der Waals surface area contributed by atoms with E-state index in [-0.39, 0.29) is 22.9 Å². The van der Waals surface area contributed by atoms with Crippen LogP contribution in [0.3, 0.4) is 0 Å². The summed E-state index contributed by atoms with van der Waals surface area (Å²) >= 11 is 6.12. The molecule has 1 N–H and O–H groups in total. The van der Waals surface area contributed by atoms with Crippen molar-refractivity contribution in [2.75, 3.05) is 5.32 Å². The number of anilines is 1. The van der Waals surface area contributed by atoms with E-state index in [0.29, 0.717) is 23.1 Å². The molecule has 0 aliphatic heterocycles. The van der Waals surface area contributed by atoms with Crippen LogP contribution in [0.4, 0.5) is 18.9 Å². The Morgan fingerprint density at radius 3 is 2.48 bits per heavy atom. The third-order valence-corrected chi connectivity index (χ3v) is 5.00. The average Bonchev–Trinajstić information content (AvgIpc) is 3.15. The standard InChI is InChI=1S/C21H15ClF3N5O/c1-12-26-6-7-29(12)18-4-2-13(8-15(18)24)10-27-17-11-28-30(21(31)20(17)22)19-5-3-14(23)9-16(19)25/h2-9,11,27H,10H2,1H3. The minimum absolute atomic E-state index is 0.163. The molecule has 0 fully saturated rings. The monoisotopic (exact) mass is 445 g/mol. The molecule has 0 unspecified atom stereocenters. The zero-order valence-corrected chi connectivity index (χ0v) is 16.9. The third-order valence-electron chi connectivity index (χ3n) is 4.64. The topological polar surface area (TPSA) is 64.7 Å². The first-order valence-electron chi connectivity index (χ1n) is 9.11. The minimum Gasteiger partial charge on any atom is -0.378 e. The molecular formula is C21H15ClF3N5O. The van der Waals surface area contributed by atoms with Crippen molar-refractivity contribution in [3.8, 4) is 11.4 Å². The molecular weight excluding hydrogens is 431 g/mol. The van der Waals surface area contributed by atoms with Gasteiger partial charge in [0.25, 0.3) is 5.56 Å². The van der Waals surface area contributed by atoms with Crippen LogP contribution in [-0.4, -0.2) is 19.3 Å². The van der Waals surface area contributed by atoms with Gasteiger partial charge >= 0.3 is 0 Å². The molecule has 0 atom stereocenters. The number of aromatic nitrogens is 4. The maximum Gasteiger partial charge on any atom is 0.292 e. The molecule has 0 amide bonds. The van der Waals surface area contributed by atoms with E-state index in [4.69, 9.17) is 11.6 Å². The lowest BCUT2D eigenvalue weighted by molar-refractivity contribution is 0.571. The Morgan fingerprint density at radius 2 is 1.81 bits per heavy atom. The van der Waals surface area contributed by atoms with Crippen LogP contribution >= 0.6 is 11.6 Å². The first-order valence-corrected chi connectivity index (χ1v) is 9.49. The summed E-state index contributed by atoms with van der Waals surface area (Å²) in [5, 5.41) is 6.58. The van der Waals surface area contributed by atoms with Gasteiger partial charge in [0.15, 0.2) is 5.82 Å². The molecule has 0 aliphatic carbocycles. The summed E-state index contributed by atoms with van der Waals surface area (Å²) in [5.74, 6) is -1.51. The number of aryl methyl sites for hydroxylation is 1. The van der Waals surface area contributed by atoms with Crippen molar-refractivity contribution < 1.29 is 13.2 Å². The second-order valence-corrected chi connectivity index (χ2v) is 7.05. The number of hydrogen-bond donors (Lipinski definition) is 1.